The molecule has 0 aliphatic carbocycles. The van der Waals surface area contributed by atoms with Gasteiger partial charge in [-0.3, -0.25) is 14.3 Å². The number of hydrogen-bond donors (Lipinski definition) is 1. The van der Waals surface area contributed by atoms with Crippen LogP contribution in [0.4, 0.5) is 5.69 Å². The van der Waals surface area contributed by atoms with Gasteiger partial charge in [0.2, 0.25) is 10.0 Å². The second kappa shape index (κ2) is 9.60. The van der Waals surface area contributed by atoms with Crippen LogP contribution in [0.5, 0.6) is 0 Å². The third kappa shape index (κ3) is 4.58. The molecule has 1 aliphatic heterocycles. The van der Waals surface area contributed by atoms with Crippen molar-refractivity contribution in [1.82, 2.24) is 13.7 Å². The number of piperidine rings is 1. The van der Waals surface area contributed by atoms with Crippen molar-refractivity contribution < 1.29 is 13.2 Å². The van der Waals surface area contributed by atoms with Gasteiger partial charge in [0.25, 0.3) is 5.56 Å². The maximum absolute atomic E-state index is 13.0. The molecular weight excluding hydrogens is 452 g/mol. The van der Waals surface area contributed by atoms with E-state index in [-0.39, 0.29) is 22.8 Å². The first-order valence-corrected chi connectivity index (χ1v) is 12.9. The summed E-state index contributed by atoms with van der Waals surface area (Å²) in [4.78, 5) is 25.9. The summed E-state index contributed by atoms with van der Waals surface area (Å²) in [6.45, 7) is 4.90. The van der Waals surface area contributed by atoms with Gasteiger partial charge in [-0.05, 0) is 62.1 Å². The van der Waals surface area contributed by atoms with Gasteiger partial charge in [0.05, 0.1) is 22.8 Å². The fourth-order valence-corrected chi connectivity index (χ4v) is 5.70. The van der Waals surface area contributed by atoms with Crippen molar-refractivity contribution in [2.75, 3.05) is 25.0 Å². The van der Waals surface area contributed by atoms with Crippen LogP contribution in [0.25, 0.3) is 5.69 Å². The van der Waals surface area contributed by atoms with Crippen LogP contribution in [-0.4, -0.2) is 47.5 Å². The summed E-state index contributed by atoms with van der Waals surface area (Å²) in [7, 11) is -1.77. The number of hydrogen-bond acceptors (Lipinski definition) is 5. The zero-order valence-electron chi connectivity index (χ0n) is 19.7. The Kier molecular flexibility index (Phi) is 6.77. The quantitative estimate of drug-likeness (QED) is 0.522. The fourth-order valence-electron chi connectivity index (χ4n) is 4.23. The fraction of sp³-hybridized carbons (Fsp3) is 0.360. The number of Topliss-reactive ketones (excluding diaryl/α,β-unsaturated/α-hetero) is 1. The number of sulfonamides is 1. The van der Waals surface area contributed by atoms with Crippen molar-refractivity contribution in [3.05, 3.63) is 76.2 Å². The Labute approximate surface area is 199 Å². The Morgan fingerprint density at radius 1 is 1.03 bits per heavy atom. The molecule has 0 atom stereocenters. The minimum Gasteiger partial charge on any atom is -0.372 e. The average molecular weight is 483 g/mol. The monoisotopic (exact) mass is 482 g/mol. The summed E-state index contributed by atoms with van der Waals surface area (Å²) < 4.78 is 30.6. The lowest BCUT2D eigenvalue weighted by molar-refractivity contribution is 0.101. The topological polar surface area (TPSA) is 93.4 Å². The normalized spacial score (nSPS) is 15.4. The molecule has 1 N–H and O–H groups in total. The van der Waals surface area contributed by atoms with Crippen LogP contribution in [0.2, 0.25) is 0 Å². The number of rotatable bonds is 7. The summed E-state index contributed by atoms with van der Waals surface area (Å²) in [6.07, 6.45) is 1.71. The number of para-hydroxylation sites is 1. The standard InChI is InChI=1S/C25H30N4O4S/c1-18-13-15-28(16-14-18)34(32,33)22-11-9-20(10-12-22)23(30)17-26-24-19(2)27(3)29(25(24)31)21-7-5-4-6-8-21/h4-12,18,26H,13-17H2,1-3H3. The zero-order chi connectivity index (χ0) is 24.5. The molecule has 1 saturated heterocycles. The van der Waals surface area contributed by atoms with Crippen molar-refractivity contribution in [3.63, 3.8) is 0 Å². The maximum atomic E-state index is 13.0. The molecular formula is C25H30N4O4S. The van der Waals surface area contributed by atoms with E-state index in [2.05, 4.69) is 12.2 Å². The minimum atomic E-state index is -3.56. The highest BCUT2D eigenvalue weighted by atomic mass is 32.2. The van der Waals surface area contributed by atoms with E-state index >= 15 is 0 Å². The van der Waals surface area contributed by atoms with Gasteiger partial charge in [-0.1, -0.05) is 25.1 Å². The van der Waals surface area contributed by atoms with E-state index in [9.17, 15) is 18.0 Å². The number of carbonyl (C=O) groups is 1. The Balaban J connectivity index is 1.47. The van der Waals surface area contributed by atoms with Crippen LogP contribution in [0.15, 0.2) is 64.3 Å². The van der Waals surface area contributed by atoms with Gasteiger partial charge < -0.3 is 5.32 Å². The number of anilines is 1. The lowest BCUT2D eigenvalue weighted by Crippen LogP contribution is -2.37. The van der Waals surface area contributed by atoms with Gasteiger partial charge >= 0.3 is 0 Å². The molecule has 0 spiro atoms. The minimum absolute atomic E-state index is 0.0784. The van der Waals surface area contributed by atoms with Crippen LogP contribution in [0.1, 0.15) is 35.8 Å². The van der Waals surface area contributed by atoms with E-state index in [1.54, 1.807) is 16.4 Å². The van der Waals surface area contributed by atoms with E-state index < -0.39 is 10.0 Å². The number of nitrogens with zero attached hydrogens (tertiary/aromatic N) is 3. The summed E-state index contributed by atoms with van der Waals surface area (Å²) >= 11 is 0. The van der Waals surface area contributed by atoms with Crippen molar-refractivity contribution in [3.8, 4) is 5.69 Å². The summed E-state index contributed by atoms with van der Waals surface area (Å²) in [5.74, 6) is 0.300. The van der Waals surface area contributed by atoms with Crippen LogP contribution in [0, 0.1) is 12.8 Å². The summed E-state index contributed by atoms with van der Waals surface area (Å²) in [5.41, 5.74) is 1.95. The molecule has 0 saturated carbocycles. The summed E-state index contributed by atoms with van der Waals surface area (Å²) in [6, 6.07) is 15.3. The van der Waals surface area contributed by atoms with Crippen molar-refractivity contribution in [2.45, 2.75) is 31.6 Å². The Bertz CT molecular complexity index is 1330. The van der Waals surface area contributed by atoms with Crippen LogP contribution in [0.3, 0.4) is 0 Å². The molecule has 8 nitrogen and oxygen atoms in total. The third-order valence-corrected chi connectivity index (χ3v) is 8.45. The molecule has 3 aromatic rings. The SMILES string of the molecule is Cc1c(NCC(=O)c2ccc(S(=O)(=O)N3CCC(C)CC3)cc2)c(=O)n(-c2ccccc2)n1C. The molecule has 0 amide bonds. The highest BCUT2D eigenvalue weighted by Gasteiger charge is 2.28. The Hall–Kier alpha value is -3.17. The van der Waals surface area contributed by atoms with Gasteiger partial charge in [-0.2, -0.15) is 4.31 Å². The number of ketones is 1. The van der Waals surface area contributed by atoms with Gasteiger partial charge in [0.1, 0.15) is 5.69 Å². The van der Waals surface area contributed by atoms with Crippen LogP contribution >= 0.6 is 0 Å². The second-order valence-corrected chi connectivity index (χ2v) is 10.8. The van der Waals surface area contributed by atoms with Gasteiger partial charge in [0.15, 0.2) is 5.78 Å². The Morgan fingerprint density at radius 3 is 2.26 bits per heavy atom. The highest BCUT2D eigenvalue weighted by molar-refractivity contribution is 7.89. The lowest BCUT2D eigenvalue weighted by Gasteiger charge is -2.29. The molecule has 2 heterocycles. The van der Waals surface area contributed by atoms with Crippen LogP contribution in [-0.2, 0) is 17.1 Å². The first-order chi connectivity index (χ1) is 16.2. The number of carbonyl (C=O) groups excluding carboxylic acids is 1. The molecule has 1 aromatic heterocycles. The molecule has 2 aromatic carbocycles. The maximum Gasteiger partial charge on any atom is 0.295 e. The van der Waals surface area contributed by atoms with Crippen molar-refractivity contribution in [2.24, 2.45) is 13.0 Å². The number of aromatic nitrogens is 2. The molecule has 34 heavy (non-hydrogen) atoms. The number of nitrogens with one attached hydrogen (secondary N) is 1. The van der Waals surface area contributed by atoms with Crippen LogP contribution < -0.4 is 10.9 Å². The molecule has 0 radical (unpaired) electrons. The predicted octanol–water partition coefficient (Wildman–Crippen LogP) is 3.20. The van der Waals surface area contributed by atoms with Gasteiger partial charge in [0, 0.05) is 25.7 Å². The highest BCUT2D eigenvalue weighted by Crippen LogP contribution is 2.24. The first kappa shape index (κ1) is 24.0. The molecule has 4 rings (SSSR count). The largest absolute Gasteiger partial charge is 0.372 e. The van der Waals surface area contributed by atoms with Crippen molar-refractivity contribution >= 4 is 21.5 Å². The second-order valence-electron chi connectivity index (χ2n) is 8.82. The smallest absolute Gasteiger partial charge is 0.295 e. The predicted molar refractivity (Wildman–Crippen MR) is 132 cm³/mol. The molecule has 1 fully saturated rings. The first-order valence-electron chi connectivity index (χ1n) is 11.4. The van der Waals surface area contributed by atoms with E-state index in [0.29, 0.717) is 36.0 Å². The number of benzene rings is 2. The van der Waals surface area contributed by atoms with E-state index in [0.717, 1.165) is 18.5 Å². The molecule has 1 aliphatic rings. The third-order valence-electron chi connectivity index (χ3n) is 6.54. The lowest BCUT2D eigenvalue weighted by atomic mass is 10.0. The Morgan fingerprint density at radius 2 is 1.65 bits per heavy atom. The molecule has 180 valence electrons. The molecule has 0 unspecified atom stereocenters. The zero-order valence-corrected chi connectivity index (χ0v) is 20.5. The summed E-state index contributed by atoms with van der Waals surface area (Å²) in [5, 5.41) is 2.98. The van der Waals surface area contributed by atoms with E-state index in [1.807, 2.05) is 37.3 Å². The average Bonchev–Trinajstić information content (AvgIpc) is 3.06. The van der Waals surface area contributed by atoms with Gasteiger partial charge in [-0.25, -0.2) is 13.1 Å². The molecule has 9 heteroatoms. The molecule has 0 bridgehead atoms. The van der Waals surface area contributed by atoms with E-state index in [1.165, 1.54) is 28.6 Å². The van der Waals surface area contributed by atoms with Gasteiger partial charge in [-0.15, -0.1) is 0 Å². The van der Waals surface area contributed by atoms with Crippen molar-refractivity contribution in [1.29, 1.82) is 0 Å². The van der Waals surface area contributed by atoms with E-state index in [4.69, 9.17) is 0 Å².